The molecule has 2 rings (SSSR count). The van der Waals surface area contributed by atoms with Crippen LogP contribution in [0, 0.1) is 0 Å². The number of sulfonamides is 1. The smallest absolute Gasteiger partial charge is 0.245 e. The van der Waals surface area contributed by atoms with E-state index in [-0.39, 0.29) is 16.9 Å². The van der Waals surface area contributed by atoms with Gasteiger partial charge in [0.2, 0.25) is 10.0 Å². The minimum atomic E-state index is -3.50. The second-order valence-corrected chi connectivity index (χ2v) is 7.89. The molecule has 2 aromatic rings. The van der Waals surface area contributed by atoms with Gasteiger partial charge in [0.1, 0.15) is 4.90 Å². The summed E-state index contributed by atoms with van der Waals surface area (Å²) in [6.07, 6.45) is 3.00. The average Bonchev–Trinajstić information content (AvgIpc) is 2.98. The molecule has 6 heteroatoms. The first kappa shape index (κ1) is 16.7. The Hall–Kier alpha value is -1.66. The van der Waals surface area contributed by atoms with E-state index in [9.17, 15) is 8.42 Å². The van der Waals surface area contributed by atoms with Gasteiger partial charge in [0.15, 0.2) is 0 Å². The largest absolute Gasteiger partial charge is 0.269 e. The molecule has 0 unspecified atom stereocenters. The fourth-order valence-corrected chi connectivity index (χ4v) is 3.49. The van der Waals surface area contributed by atoms with Gasteiger partial charge in [-0.25, -0.2) is 12.7 Å². The van der Waals surface area contributed by atoms with Crippen molar-refractivity contribution in [2.24, 2.45) is 0 Å². The fraction of sp³-hybridized carbons (Fsp3) is 0.438. The van der Waals surface area contributed by atoms with Crippen LogP contribution in [0.25, 0.3) is 0 Å². The Balaban J connectivity index is 2.15. The highest BCUT2D eigenvalue weighted by Crippen LogP contribution is 2.20. The average molecular weight is 321 g/mol. The summed E-state index contributed by atoms with van der Waals surface area (Å²) >= 11 is 0. The predicted octanol–water partition coefficient (Wildman–Crippen LogP) is 2.89. The number of nitrogens with zero attached hydrogens (tertiary/aromatic N) is 3. The van der Waals surface area contributed by atoms with Crippen molar-refractivity contribution in [1.29, 1.82) is 0 Å². The maximum atomic E-state index is 12.6. The number of likely N-dealkylation sites (N-methyl/N-ethyl adjacent to an activating group) is 1. The lowest BCUT2D eigenvalue weighted by molar-refractivity contribution is 0.446. The quantitative estimate of drug-likeness (QED) is 0.822. The Kier molecular flexibility index (Phi) is 5.03. The second kappa shape index (κ2) is 6.62. The zero-order chi connectivity index (χ0) is 16.3. The molecule has 1 aromatic heterocycles. The van der Waals surface area contributed by atoms with E-state index in [2.05, 4.69) is 5.10 Å². The Labute approximate surface area is 132 Å². The summed E-state index contributed by atoms with van der Waals surface area (Å²) in [6.45, 7) is 6.38. The van der Waals surface area contributed by atoms with Crippen molar-refractivity contribution >= 4 is 10.0 Å². The molecule has 0 fully saturated rings. The number of rotatable bonds is 6. The number of aromatic nitrogens is 2. The molecule has 0 radical (unpaired) electrons. The van der Waals surface area contributed by atoms with E-state index in [1.165, 1.54) is 10.5 Å². The highest BCUT2D eigenvalue weighted by atomic mass is 32.2. The van der Waals surface area contributed by atoms with Crippen LogP contribution in [-0.2, 0) is 10.0 Å². The molecule has 0 saturated carbocycles. The molecule has 5 nitrogen and oxygen atoms in total. The molecule has 0 aliphatic heterocycles. The zero-order valence-corrected chi connectivity index (χ0v) is 14.3. The van der Waals surface area contributed by atoms with Gasteiger partial charge in [0.05, 0.1) is 6.20 Å². The molecule has 0 amide bonds. The van der Waals surface area contributed by atoms with Gasteiger partial charge < -0.3 is 0 Å². The molecule has 0 spiro atoms. The van der Waals surface area contributed by atoms with E-state index in [0.717, 1.165) is 5.56 Å². The molecule has 0 N–H and O–H groups in total. The molecule has 0 aliphatic carbocycles. The van der Waals surface area contributed by atoms with Crippen LogP contribution >= 0.6 is 0 Å². The van der Waals surface area contributed by atoms with Crippen LogP contribution in [0.15, 0.2) is 47.6 Å². The minimum Gasteiger partial charge on any atom is -0.269 e. The SMILES string of the molecule is CC(C)n1cc(S(=O)(=O)N(C)C[C@@H](C)c2ccccc2)cn1. The van der Waals surface area contributed by atoms with Crippen LogP contribution in [-0.4, -0.2) is 36.1 Å². The summed E-state index contributed by atoms with van der Waals surface area (Å²) in [5.74, 6) is 0.126. The molecular formula is C16H23N3O2S. The summed E-state index contributed by atoms with van der Waals surface area (Å²) in [6, 6.07) is 10.1. The van der Waals surface area contributed by atoms with Gasteiger partial charge in [-0.3, -0.25) is 4.68 Å². The van der Waals surface area contributed by atoms with Crippen molar-refractivity contribution in [2.75, 3.05) is 13.6 Å². The molecule has 1 heterocycles. The second-order valence-electron chi connectivity index (χ2n) is 5.85. The summed E-state index contributed by atoms with van der Waals surface area (Å²) in [4.78, 5) is 0.240. The third kappa shape index (κ3) is 3.56. The van der Waals surface area contributed by atoms with Gasteiger partial charge in [0.25, 0.3) is 0 Å². The minimum absolute atomic E-state index is 0.126. The van der Waals surface area contributed by atoms with E-state index >= 15 is 0 Å². The Bertz CT molecular complexity index is 708. The summed E-state index contributed by atoms with van der Waals surface area (Å²) in [7, 11) is -1.89. The van der Waals surface area contributed by atoms with E-state index in [0.29, 0.717) is 6.54 Å². The summed E-state index contributed by atoms with van der Waals surface area (Å²) in [5.41, 5.74) is 1.13. The van der Waals surface area contributed by atoms with E-state index in [4.69, 9.17) is 0 Å². The predicted molar refractivity (Wildman–Crippen MR) is 87.3 cm³/mol. The number of hydrogen-bond acceptors (Lipinski definition) is 3. The van der Waals surface area contributed by atoms with E-state index < -0.39 is 10.0 Å². The Morgan fingerprint density at radius 1 is 1.18 bits per heavy atom. The lowest BCUT2D eigenvalue weighted by Gasteiger charge is -2.20. The van der Waals surface area contributed by atoms with Crippen molar-refractivity contribution < 1.29 is 8.42 Å². The third-order valence-corrected chi connectivity index (χ3v) is 5.49. The Morgan fingerprint density at radius 3 is 2.36 bits per heavy atom. The Morgan fingerprint density at radius 2 is 1.82 bits per heavy atom. The van der Waals surface area contributed by atoms with Crippen molar-refractivity contribution in [1.82, 2.24) is 14.1 Å². The van der Waals surface area contributed by atoms with Crippen LogP contribution in [0.3, 0.4) is 0 Å². The molecular weight excluding hydrogens is 298 g/mol. The maximum absolute atomic E-state index is 12.6. The molecule has 0 saturated heterocycles. The van der Waals surface area contributed by atoms with Crippen molar-refractivity contribution in [3.63, 3.8) is 0 Å². The molecule has 22 heavy (non-hydrogen) atoms. The topological polar surface area (TPSA) is 55.2 Å². The first-order chi connectivity index (χ1) is 10.3. The van der Waals surface area contributed by atoms with Crippen LogP contribution in [0.4, 0.5) is 0 Å². The number of hydrogen-bond donors (Lipinski definition) is 0. The standard InChI is InChI=1S/C16H23N3O2S/c1-13(2)19-12-16(10-17-19)22(20,21)18(4)11-14(3)15-8-6-5-7-9-15/h5-10,12-14H,11H2,1-4H3/t14-/m1/s1. The van der Waals surface area contributed by atoms with Crippen molar-refractivity contribution in [3.8, 4) is 0 Å². The lowest BCUT2D eigenvalue weighted by Crippen LogP contribution is -2.30. The van der Waals surface area contributed by atoms with E-state index in [1.807, 2.05) is 51.1 Å². The van der Waals surface area contributed by atoms with Crippen LogP contribution in [0.2, 0.25) is 0 Å². The lowest BCUT2D eigenvalue weighted by atomic mass is 10.0. The van der Waals surface area contributed by atoms with Crippen LogP contribution < -0.4 is 0 Å². The molecule has 0 bridgehead atoms. The van der Waals surface area contributed by atoms with Crippen molar-refractivity contribution in [2.45, 2.75) is 37.6 Å². The van der Waals surface area contributed by atoms with Gasteiger partial charge in [-0.15, -0.1) is 0 Å². The van der Waals surface area contributed by atoms with Crippen LogP contribution in [0.5, 0.6) is 0 Å². The van der Waals surface area contributed by atoms with Gasteiger partial charge in [-0.2, -0.15) is 5.10 Å². The zero-order valence-electron chi connectivity index (χ0n) is 13.5. The van der Waals surface area contributed by atoms with Gasteiger partial charge in [-0.1, -0.05) is 37.3 Å². The molecule has 1 aromatic carbocycles. The van der Waals surface area contributed by atoms with Gasteiger partial charge in [0, 0.05) is 25.8 Å². The van der Waals surface area contributed by atoms with Crippen LogP contribution in [0.1, 0.15) is 38.3 Å². The summed E-state index contributed by atoms with van der Waals surface area (Å²) < 4.78 is 28.3. The molecule has 0 aliphatic rings. The normalized spacial score (nSPS) is 13.7. The first-order valence-corrected chi connectivity index (χ1v) is 8.82. The molecule has 1 atom stereocenters. The fourth-order valence-electron chi connectivity index (χ4n) is 2.29. The summed E-state index contributed by atoms with van der Waals surface area (Å²) in [5, 5.41) is 4.11. The van der Waals surface area contributed by atoms with E-state index in [1.54, 1.807) is 17.9 Å². The first-order valence-electron chi connectivity index (χ1n) is 7.38. The third-order valence-electron chi connectivity index (χ3n) is 3.71. The monoisotopic (exact) mass is 321 g/mol. The highest BCUT2D eigenvalue weighted by molar-refractivity contribution is 7.89. The maximum Gasteiger partial charge on any atom is 0.245 e. The molecule has 120 valence electrons. The van der Waals surface area contributed by atoms with Gasteiger partial charge in [-0.05, 0) is 25.3 Å². The number of benzene rings is 1. The van der Waals surface area contributed by atoms with Gasteiger partial charge >= 0.3 is 0 Å². The van der Waals surface area contributed by atoms with Crippen molar-refractivity contribution in [3.05, 3.63) is 48.3 Å². The highest BCUT2D eigenvalue weighted by Gasteiger charge is 2.24.